The van der Waals surface area contributed by atoms with Crippen LogP contribution in [0.4, 0.5) is 11.6 Å². The highest BCUT2D eigenvalue weighted by Gasteiger charge is 2.43. The molecular formula is C22H20ClN7O. The maximum atomic E-state index is 12.6. The highest BCUT2D eigenvalue weighted by Crippen LogP contribution is 2.44. The number of carbonyl (C=O) groups excluding carboxylic acids is 1. The van der Waals surface area contributed by atoms with Crippen molar-refractivity contribution in [1.29, 1.82) is 5.26 Å². The molecule has 0 bridgehead atoms. The summed E-state index contributed by atoms with van der Waals surface area (Å²) >= 11 is 6.36. The van der Waals surface area contributed by atoms with Crippen molar-refractivity contribution < 1.29 is 4.79 Å². The summed E-state index contributed by atoms with van der Waals surface area (Å²) in [6.45, 7) is 0.365. The van der Waals surface area contributed by atoms with Crippen molar-refractivity contribution in [3.8, 4) is 17.3 Å². The number of aromatic nitrogens is 4. The second-order valence-corrected chi connectivity index (χ2v) is 8.52. The topological polar surface area (TPSA) is 109 Å². The van der Waals surface area contributed by atoms with Gasteiger partial charge in [0.1, 0.15) is 0 Å². The van der Waals surface area contributed by atoms with Crippen LogP contribution in [0.2, 0.25) is 5.02 Å². The smallest absolute Gasteiger partial charge is 0.251 e. The lowest BCUT2D eigenvalue weighted by Crippen LogP contribution is -2.29. The van der Waals surface area contributed by atoms with E-state index in [4.69, 9.17) is 11.6 Å². The van der Waals surface area contributed by atoms with Crippen molar-refractivity contribution in [2.45, 2.75) is 31.7 Å². The zero-order chi connectivity index (χ0) is 21.4. The Morgan fingerprint density at radius 3 is 2.90 bits per heavy atom. The van der Waals surface area contributed by atoms with Gasteiger partial charge in [-0.1, -0.05) is 23.7 Å². The lowest BCUT2D eigenvalue weighted by Gasteiger charge is -2.10. The Bertz CT molecular complexity index is 1190. The molecule has 0 radical (unpaired) electrons. The third-order valence-electron chi connectivity index (χ3n) is 5.60. The first-order chi connectivity index (χ1) is 15.0. The Morgan fingerprint density at radius 1 is 1.32 bits per heavy atom. The van der Waals surface area contributed by atoms with E-state index in [2.05, 4.69) is 31.8 Å². The minimum Gasteiger partial charge on any atom is -0.350 e. The molecule has 2 heterocycles. The van der Waals surface area contributed by atoms with Crippen molar-refractivity contribution in [3.63, 3.8) is 0 Å². The molecule has 2 fully saturated rings. The second kappa shape index (κ2) is 7.67. The summed E-state index contributed by atoms with van der Waals surface area (Å²) < 4.78 is 1.94. The average molecular weight is 434 g/mol. The second-order valence-electron chi connectivity index (χ2n) is 8.11. The number of hydrogen-bond acceptors (Lipinski definition) is 6. The number of nitriles is 1. The molecule has 9 heteroatoms. The fraction of sp³-hybridized carbons (Fsp3) is 0.318. The maximum Gasteiger partial charge on any atom is 0.251 e. The molecule has 1 aromatic carbocycles. The van der Waals surface area contributed by atoms with Crippen LogP contribution in [-0.2, 0) is 0 Å². The molecule has 0 saturated heterocycles. The van der Waals surface area contributed by atoms with Gasteiger partial charge in [-0.05, 0) is 37.8 Å². The van der Waals surface area contributed by atoms with Gasteiger partial charge in [0, 0.05) is 23.9 Å². The minimum atomic E-state index is -0.392. The Balaban J connectivity index is 1.34. The van der Waals surface area contributed by atoms with Crippen LogP contribution in [0.25, 0.3) is 11.3 Å². The zero-order valence-electron chi connectivity index (χ0n) is 16.7. The lowest BCUT2D eigenvalue weighted by atomic mass is 10.1. The van der Waals surface area contributed by atoms with Crippen LogP contribution in [0, 0.1) is 16.7 Å². The van der Waals surface area contributed by atoms with Crippen LogP contribution in [0.5, 0.6) is 0 Å². The largest absolute Gasteiger partial charge is 0.350 e. The van der Waals surface area contributed by atoms with Gasteiger partial charge in [-0.25, -0.2) is 9.97 Å². The van der Waals surface area contributed by atoms with Crippen LogP contribution in [0.1, 0.15) is 42.1 Å². The quantitative estimate of drug-likeness (QED) is 0.580. The van der Waals surface area contributed by atoms with Crippen molar-refractivity contribution in [2.75, 3.05) is 11.9 Å². The number of hydrogen-bond donors (Lipinski definition) is 2. The number of amides is 1. The van der Waals surface area contributed by atoms with E-state index >= 15 is 0 Å². The fourth-order valence-electron chi connectivity index (χ4n) is 3.34. The molecule has 156 valence electrons. The summed E-state index contributed by atoms with van der Waals surface area (Å²) in [7, 11) is 0. The van der Waals surface area contributed by atoms with Crippen LogP contribution in [-0.4, -0.2) is 32.2 Å². The monoisotopic (exact) mass is 433 g/mol. The molecule has 8 nitrogen and oxygen atoms in total. The normalized spacial score (nSPS) is 16.4. The van der Waals surface area contributed by atoms with Crippen LogP contribution < -0.4 is 10.6 Å². The van der Waals surface area contributed by atoms with Gasteiger partial charge in [-0.3, -0.25) is 9.48 Å². The van der Waals surface area contributed by atoms with Gasteiger partial charge in [0.15, 0.2) is 0 Å². The fourth-order valence-corrected chi connectivity index (χ4v) is 3.54. The SMILES string of the molecule is N#CC1(CNC(=O)c2cccc(-c3nc(Nc4cnn(C5CC5)c4)ncc3Cl)c2)CC1. The molecular weight excluding hydrogens is 414 g/mol. The van der Waals surface area contributed by atoms with Gasteiger partial charge in [0.2, 0.25) is 5.95 Å². The first-order valence-electron chi connectivity index (χ1n) is 10.2. The first kappa shape index (κ1) is 19.5. The molecule has 2 aliphatic carbocycles. The number of rotatable bonds is 7. The first-order valence-corrected chi connectivity index (χ1v) is 10.6. The van der Waals surface area contributed by atoms with Crippen molar-refractivity contribution in [3.05, 3.63) is 53.4 Å². The highest BCUT2D eigenvalue weighted by molar-refractivity contribution is 6.33. The molecule has 5 rings (SSSR count). The number of halogens is 1. The van der Waals surface area contributed by atoms with E-state index in [9.17, 15) is 10.1 Å². The van der Waals surface area contributed by atoms with Crippen LogP contribution in [0.3, 0.4) is 0 Å². The van der Waals surface area contributed by atoms with E-state index in [-0.39, 0.29) is 5.91 Å². The van der Waals surface area contributed by atoms with Crippen LogP contribution >= 0.6 is 11.6 Å². The maximum absolute atomic E-state index is 12.6. The molecule has 2 N–H and O–H groups in total. The zero-order valence-corrected chi connectivity index (χ0v) is 17.4. The number of anilines is 2. The molecule has 2 aliphatic rings. The molecule has 0 unspecified atom stereocenters. The van der Waals surface area contributed by atoms with E-state index in [0.717, 1.165) is 31.4 Å². The molecule has 2 saturated carbocycles. The molecule has 3 aromatic rings. The standard InChI is InChI=1S/C22H20ClN7O/c23-18-10-25-21(28-16-9-27-30(11-16)17-4-5-17)29-19(18)14-2-1-3-15(8-14)20(31)26-13-22(12-24)6-7-22/h1-3,8-11,17H,4-7,13H2,(H,26,31)(H,25,28,29). The van der Waals surface area contributed by atoms with Crippen molar-refractivity contribution in [2.24, 2.45) is 5.41 Å². The van der Waals surface area contributed by atoms with E-state index in [1.54, 1.807) is 24.4 Å². The molecule has 1 amide bonds. The Hall–Kier alpha value is -3.44. The van der Waals surface area contributed by atoms with Gasteiger partial charge < -0.3 is 10.6 Å². The van der Waals surface area contributed by atoms with E-state index < -0.39 is 5.41 Å². The third-order valence-corrected chi connectivity index (χ3v) is 5.88. The molecule has 0 aliphatic heterocycles. The van der Waals surface area contributed by atoms with Gasteiger partial charge in [0.05, 0.1) is 46.3 Å². The summed E-state index contributed by atoms with van der Waals surface area (Å²) in [5.41, 5.74) is 2.13. The molecule has 2 aromatic heterocycles. The molecule has 0 atom stereocenters. The predicted octanol–water partition coefficient (Wildman–Crippen LogP) is 4.11. The Morgan fingerprint density at radius 2 is 2.16 bits per heavy atom. The molecule has 31 heavy (non-hydrogen) atoms. The van der Waals surface area contributed by atoms with Gasteiger partial charge in [-0.15, -0.1) is 0 Å². The summed E-state index contributed by atoms with van der Waals surface area (Å²) in [5, 5.41) is 19.9. The third kappa shape index (κ3) is 4.23. The van der Waals surface area contributed by atoms with Crippen LogP contribution in [0.15, 0.2) is 42.9 Å². The van der Waals surface area contributed by atoms with Gasteiger partial charge >= 0.3 is 0 Å². The number of nitrogens with zero attached hydrogens (tertiary/aromatic N) is 5. The number of carbonyl (C=O) groups is 1. The summed E-state index contributed by atoms with van der Waals surface area (Å²) in [4.78, 5) is 21.4. The predicted molar refractivity (Wildman–Crippen MR) is 116 cm³/mol. The summed E-state index contributed by atoms with van der Waals surface area (Å²) in [5.74, 6) is 0.175. The Labute approximate surface area is 184 Å². The molecule has 0 spiro atoms. The highest BCUT2D eigenvalue weighted by atomic mass is 35.5. The minimum absolute atomic E-state index is 0.223. The number of nitrogens with one attached hydrogen (secondary N) is 2. The van der Waals surface area contributed by atoms with Crippen molar-refractivity contribution >= 4 is 29.1 Å². The van der Waals surface area contributed by atoms with E-state index in [1.165, 1.54) is 6.20 Å². The van der Waals surface area contributed by atoms with Crippen molar-refractivity contribution in [1.82, 2.24) is 25.1 Å². The lowest BCUT2D eigenvalue weighted by molar-refractivity contribution is 0.0948. The summed E-state index contributed by atoms with van der Waals surface area (Å²) in [6, 6.07) is 9.87. The Kier molecular flexibility index (Phi) is 4.83. The van der Waals surface area contributed by atoms with Gasteiger partial charge in [-0.2, -0.15) is 10.4 Å². The van der Waals surface area contributed by atoms with E-state index in [0.29, 0.717) is 40.4 Å². The van der Waals surface area contributed by atoms with E-state index in [1.807, 2.05) is 16.9 Å². The summed E-state index contributed by atoms with van der Waals surface area (Å²) in [6.07, 6.45) is 9.19. The van der Waals surface area contributed by atoms with Gasteiger partial charge in [0.25, 0.3) is 5.91 Å². The average Bonchev–Trinajstić information content (AvgIpc) is 3.73. The number of benzene rings is 1.